The molecule has 0 N–H and O–H groups in total. The average molecular weight is 391 g/mol. The van der Waals surface area contributed by atoms with E-state index >= 15 is 0 Å². The van der Waals surface area contributed by atoms with Gasteiger partial charge in [-0.15, -0.1) is 0 Å². The van der Waals surface area contributed by atoms with Crippen molar-refractivity contribution >= 4 is 61.8 Å². The summed E-state index contributed by atoms with van der Waals surface area (Å²) in [5.74, 6) is 0. The molecule has 0 unspecified atom stereocenters. The van der Waals surface area contributed by atoms with E-state index in [0.717, 1.165) is 15.6 Å². The largest absolute Gasteiger partial charge is 0.257 e. The number of halogens is 4. The van der Waals surface area contributed by atoms with Gasteiger partial charge >= 0.3 is 0 Å². The van der Waals surface area contributed by atoms with Gasteiger partial charge in [0, 0.05) is 26.3 Å². The summed E-state index contributed by atoms with van der Waals surface area (Å²) in [5.41, 5.74) is 2.27. The maximum Gasteiger partial charge on any atom is 0.177 e. The summed E-state index contributed by atoms with van der Waals surface area (Å²) in [6.45, 7) is 0.430. The van der Waals surface area contributed by atoms with Crippen LogP contribution in [0.4, 0.5) is 0 Å². The van der Waals surface area contributed by atoms with Crippen molar-refractivity contribution in [2.45, 2.75) is 6.54 Å². The van der Waals surface area contributed by atoms with Gasteiger partial charge in [0.25, 0.3) is 0 Å². The number of rotatable bonds is 2. The summed E-state index contributed by atoms with van der Waals surface area (Å²) in [6.07, 6.45) is 1.68. The summed E-state index contributed by atoms with van der Waals surface area (Å²) < 4.78 is 2.59. The third-order valence-electron chi connectivity index (χ3n) is 2.89. The zero-order valence-corrected chi connectivity index (χ0v) is 13.8. The van der Waals surface area contributed by atoms with Gasteiger partial charge in [-0.2, -0.15) is 5.10 Å². The highest BCUT2D eigenvalue weighted by atomic mass is 79.9. The lowest BCUT2D eigenvalue weighted by molar-refractivity contribution is 0.712. The number of hydrogen-bond acceptors (Lipinski definition) is 2. The van der Waals surface area contributed by atoms with Crippen LogP contribution in [0.3, 0.4) is 0 Å². The van der Waals surface area contributed by atoms with E-state index in [1.165, 1.54) is 0 Å². The third kappa shape index (κ3) is 2.53. The quantitative estimate of drug-likeness (QED) is 0.601. The van der Waals surface area contributed by atoms with Crippen molar-refractivity contribution in [1.82, 2.24) is 14.8 Å². The van der Waals surface area contributed by atoms with Crippen LogP contribution >= 0.6 is 50.7 Å². The number of nitrogens with zero attached hydrogens (tertiary/aromatic N) is 3. The lowest BCUT2D eigenvalue weighted by atomic mass is 10.2. The predicted octanol–water partition coefficient (Wildman–Crippen LogP) is 5.20. The van der Waals surface area contributed by atoms with Crippen molar-refractivity contribution in [3.8, 4) is 0 Å². The Morgan fingerprint density at radius 3 is 2.55 bits per heavy atom. The lowest BCUT2D eigenvalue weighted by Gasteiger charge is -2.08. The first-order chi connectivity index (χ1) is 9.56. The standard InChI is InChI=1S/C13H7BrCl3N3/c14-7-4-11-12(18-5-7)13(17)19-20(11)6-8-9(15)2-1-3-10(8)16/h1-5H,6H2. The molecular weight excluding hydrogens is 384 g/mol. The molecule has 2 heterocycles. The smallest absolute Gasteiger partial charge is 0.177 e. The molecular formula is C13H7BrCl3N3. The normalized spacial score (nSPS) is 11.2. The number of pyridine rings is 1. The summed E-state index contributed by atoms with van der Waals surface area (Å²) >= 11 is 21.9. The van der Waals surface area contributed by atoms with Gasteiger partial charge in [0.2, 0.25) is 0 Å². The molecule has 0 aliphatic carbocycles. The van der Waals surface area contributed by atoms with E-state index in [0.29, 0.717) is 27.3 Å². The maximum atomic E-state index is 6.19. The first-order valence-corrected chi connectivity index (χ1v) is 7.59. The first kappa shape index (κ1) is 14.1. The van der Waals surface area contributed by atoms with Gasteiger partial charge in [-0.05, 0) is 34.1 Å². The van der Waals surface area contributed by atoms with Crippen LogP contribution in [0, 0.1) is 0 Å². The van der Waals surface area contributed by atoms with Crippen LogP contribution in [0.25, 0.3) is 11.0 Å². The number of aromatic nitrogens is 3. The molecule has 20 heavy (non-hydrogen) atoms. The van der Waals surface area contributed by atoms with Gasteiger partial charge in [-0.1, -0.05) is 40.9 Å². The fourth-order valence-corrected chi connectivity index (χ4v) is 3.02. The molecule has 102 valence electrons. The maximum absolute atomic E-state index is 6.19. The molecule has 0 fully saturated rings. The van der Waals surface area contributed by atoms with E-state index in [-0.39, 0.29) is 0 Å². The minimum Gasteiger partial charge on any atom is -0.257 e. The van der Waals surface area contributed by atoms with Crippen molar-refractivity contribution in [3.05, 3.63) is 55.7 Å². The molecule has 1 aromatic carbocycles. The highest BCUT2D eigenvalue weighted by Crippen LogP contribution is 2.28. The molecule has 0 aliphatic rings. The minimum atomic E-state index is 0.357. The molecule has 3 rings (SSSR count). The molecule has 0 spiro atoms. The molecule has 0 amide bonds. The molecule has 0 aliphatic heterocycles. The highest BCUT2D eigenvalue weighted by molar-refractivity contribution is 9.10. The minimum absolute atomic E-state index is 0.357. The van der Waals surface area contributed by atoms with Crippen LogP contribution in [0.1, 0.15) is 5.56 Å². The Bertz CT molecular complexity index is 781. The van der Waals surface area contributed by atoms with Crippen LogP contribution in [-0.2, 0) is 6.54 Å². The summed E-state index contributed by atoms with van der Waals surface area (Å²) in [4.78, 5) is 4.26. The van der Waals surface area contributed by atoms with Gasteiger partial charge in [-0.3, -0.25) is 9.67 Å². The Labute approximate surface area is 138 Å². The second-order valence-corrected chi connectivity index (χ2v) is 6.26. The lowest BCUT2D eigenvalue weighted by Crippen LogP contribution is -2.03. The van der Waals surface area contributed by atoms with E-state index in [1.807, 2.05) is 6.07 Å². The van der Waals surface area contributed by atoms with Gasteiger partial charge in [0.05, 0.1) is 12.1 Å². The van der Waals surface area contributed by atoms with E-state index in [4.69, 9.17) is 34.8 Å². The molecule has 7 heteroatoms. The van der Waals surface area contributed by atoms with E-state index in [9.17, 15) is 0 Å². The van der Waals surface area contributed by atoms with Gasteiger partial charge in [0.1, 0.15) is 5.52 Å². The van der Waals surface area contributed by atoms with E-state index in [2.05, 4.69) is 26.0 Å². The molecule has 0 saturated heterocycles. The Morgan fingerprint density at radius 2 is 1.85 bits per heavy atom. The third-order valence-corrected chi connectivity index (χ3v) is 4.28. The molecule has 0 atom stereocenters. The predicted molar refractivity (Wildman–Crippen MR) is 85.8 cm³/mol. The zero-order valence-electron chi connectivity index (χ0n) is 9.95. The van der Waals surface area contributed by atoms with Crippen LogP contribution in [0.2, 0.25) is 15.2 Å². The van der Waals surface area contributed by atoms with Gasteiger partial charge in [-0.25, -0.2) is 0 Å². The molecule has 2 aromatic heterocycles. The van der Waals surface area contributed by atoms with Crippen molar-refractivity contribution < 1.29 is 0 Å². The van der Waals surface area contributed by atoms with E-state index < -0.39 is 0 Å². The number of fused-ring (bicyclic) bond motifs is 1. The zero-order chi connectivity index (χ0) is 14.3. The highest BCUT2D eigenvalue weighted by Gasteiger charge is 2.13. The van der Waals surface area contributed by atoms with Crippen molar-refractivity contribution in [1.29, 1.82) is 0 Å². The fraction of sp³-hybridized carbons (Fsp3) is 0.0769. The van der Waals surface area contributed by atoms with Crippen molar-refractivity contribution in [2.24, 2.45) is 0 Å². The first-order valence-electron chi connectivity index (χ1n) is 5.66. The molecule has 3 aromatic rings. The van der Waals surface area contributed by atoms with Crippen LogP contribution in [-0.4, -0.2) is 14.8 Å². The number of benzene rings is 1. The molecule has 3 nitrogen and oxygen atoms in total. The van der Waals surface area contributed by atoms with Gasteiger partial charge in [0.15, 0.2) is 5.15 Å². The second kappa shape index (κ2) is 5.53. The fourth-order valence-electron chi connectivity index (χ4n) is 1.95. The van der Waals surface area contributed by atoms with Crippen molar-refractivity contribution in [2.75, 3.05) is 0 Å². The Hall–Kier alpha value is -0.810. The van der Waals surface area contributed by atoms with E-state index in [1.54, 1.807) is 29.1 Å². The molecule has 0 radical (unpaired) electrons. The van der Waals surface area contributed by atoms with Crippen LogP contribution in [0.15, 0.2) is 34.9 Å². The molecule has 0 saturated carbocycles. The summed E-state index contributed by atoms with van der Waals surface area (Å²) in [5, 5.41) is 5.84. The van der Waals surface area contributed by atoms with Crippen LogP contribution < -0.4 is 0 Å². The Kier molecular flexibility index (Phi) is 3.91. The van der Waals surface area contributed by atoms with Crippen LogP contribution in [0.5, 0.6) is 0 Å². The second-order valence-electron chi connectivity index (χ2n) is 4.17. The topological polar surface area (TPSA) is 30.7 Å². The SMILES string of the molecule is Clc1cccc(Cl)c1Cn1nc(Cl)c2ncc(Br)cc21. The summed E-state index contributed by atoms with van der Waals surface area (Å²) in [7, 11) is 0. The monoisotopic (exact) mass is 389 g/mol. The van der Waals surface area contributed by atoms with Gasteiger partial charge < -0.3 is 0 Å². The summed E-state index contributed by atoms with van der Waals surface area (Å²) in [6, 6.07) is 7.31. The Balaban J connectivity index is 2.14. The molecule has 0 bridgehead atoms. The average Bonchev–Trinajstić information content (AvgIpc) is 2.70. The Morgan fingerprint density at radius 1 is 1.15 bits per heavy atom. The number of hydrogen-bond donors (Lipinski definition) is 0. The van der Waals surface area contributed by atoms with Crippen molar-refractivity contribution in [3.63, 3.8) is 0 Å².